The number of amidine groups is 1. The van der Waals surface area contributed by atoms with Gasteiger partial charge in [-0.2, -0.15) is 4.31 Å². The Balaban J connectivity index is 2.37. The van der Waals surface area contributed by atoms with E-state index >= 15 is 0 Å². The molecule has 1 heterocycles. The van der Waals surface area contributed by atoms with Crippen molar-refractivity contribution in [2.75, 3.05) is 6.61 Å². The van der Waals surface area contributed by atoms with Crippen molar-refractivity contribution in [2.24, 2.45) is 4.99 Å². The highest BCUT2D eigenvalue weighted by Crippen LogP contribution is 2.37. The summed E-state index contributed by atoms with van der Waals surface area (Å²) < 4.78 is 39.7. The number of benzene rings is 1. The van der Waals surface area contributed by atoms with Crippen LogP contribution in [0.15, 0.2) is 38.6 Å². The van der Waals surface area contributed by atoms with Gasteiger partial charge in [-0.05, 0) is 52.0 Å². The van der Waals surface area contributed by atoms with Crippen molar-refractivity contribution in [3.63, 3.8) is 0 Å². The van der Waals surface area contributed by atoms with Gasteiger partial charge in [0, 0.05) is 14.9 Å². The molecule has 1 aromatic carbocycles. The van der Waals surface area contributed by atoms with Crippen LogP contribution < -0.4 is 0 Å². The summed E-state index contributed by atoms with van der Waals surface area (Å²) in [4.78, 5) is 40.0. The van der Waals surface area contributed by atoms with Gasteiger partial charge in [0.15, 0.2) is 17.5 Å². The van der Waals surface area contributed by atoms with Crippen molar-refractivity contribution >= 4 is 63.0 Å². The second-order valence-corrected chi connectivity index (χ2v) is 10.2. The number of esters is 1. The Labute approximate surface area is 201 Å². The zero-order chi connectivity index (χ0) is 24.1. The van der Waals surface area contributed by atoms with Gasteiger partial charge in [0.25, 0.3) is 0 Å². The lowest BCUT2D eigenvalue weighted by molar-refractivity contribution is -0.144. The first kappa shape index (κ1) is 26.3. The summed E-state index contributed by atoms with van der Waals surface area (Å²) in [6.07, 6.45) is 0.142. The van der Waals surface area contributed by atoms with Gasteiger partial charge in [-0.15, -0.1) is 3.89 Å². The molecule has 1 amide bonds. The number of halogens is 3. The van der Waals surface area contributed by atoms with E-state index in [2.05, 4.69) is 20.9 Å². The standard InChI is InChI=1S/C20H21BrF2N2O5S2/c1-11(26)7-17(27)29-10-13-9-16(14-8-12(21)5-6-15(14)22)24-18(31-13)25(32-23)19(28)30-20(2,3)4/h5-6,8-9,16H,7,10H2,1-4H3. The minimum Gasteiger partial charge on any atom is -0.460 e. The number of hydrogen-bond acceptors (Lipinski definition) is 8. The Morgan fingerprint density at radius 3 is 2.59 bits per heavy atom. The third kappa shape index (κ3) is 7.89. The molecule has 0 saturated heterocycles. The zero-order valence-electron chi connectivity index (χ0n) is 17.7. The van der Waals surface area contributed by atoms with Crippen LogP contribution in [0.3, 0.4) is 0 Å². The van der Waals surface area contributed by atoms with E-state index in [-0.39, 0.29) is 23.1 Å². The van der Waals surface area contributed by atoms with Crippen LogP contribution in [0.5, 0.6) is 0 Å². The molecule has 1 aliphatic rings. The number of ketones is 1. The molecule has 0 fully saturated rings. The number of carbonyl (C=O) groups excluding carboxylic acids is 3. The molecule has 2 rings (SSSR count). The average molecular weight is 551 g/mol. The van der Waals surface area contributed by atoms with E-state index in [1.807, 2.05) is 0 Å². The molecule has 0 saturated carbocycles. The first-order chi connectivity index (χ1) is 14.9. The maximum absolute atomic E-state index is 14.5. The summed E-state index contributed by atoms with van der Waals surface area (Å²) in [5.74, 6) is -1.66. The van der Waals surface area contributed by atoms with Crippen LogP contribution in [0.2, 0.25) is 0 Å². The van der Waals surface area contributed by atoms with E-state index in [4.69, 9.17) is 9.47 Å². The summed E-state index contributed by atoms with van der Waals surface area (Å²) in [5.41, 5.74) is -0.723. The van der Waals surface area contributed by atoms with Crippen molar-refractivity contribution in [3.8, 4) is 0 Å². The Bertz CT molecular complexity index is 966. The largest absolute Gasteiger partial charge is 0.460 e. The SMILES string of the molecule is CC(=O)CC(=O)OCC1=CC(c2cc(Br)ccc2F)N=C(N(SF)C(=O)OC(C)(C)C)S1. The molecule has 0 aliphatic carbocycles. The molecule has 0 aromatic heterocycles. The van der Waals surface area contributed by atoms with Crippen LogP contribution in [0.1, 0.15) is 45.7 Å². The summed E-state index contributed by atoms with van der Waals surface area (Å²) in [7, 11) is 0. The highest BCUT2D eigenvalue weighted by atomic mass is 79.9. The molecule has 174 valence electrons. The first-order valence-corrected chi connectivity index (χ1v) is 11.6. The Hall–Kier alpha value is -1.92. The quantitative estimate of drug-likeness (QED) is 0.247. The van der Waals surface area contributed by atoms with Crippen molar-refractivity contribution in [1.29, 1.82) is 0 Å². The fraction of sp³-hybridized carbons (Fsp3) is 0.400. The lowest BCUT2D eigenvalue weighted by Gasteiger charge is -2.27. The fourth-order valence-corrected chi connectivity index (χ4v) is 4.08. The molecule has 0 radical (unpaired) electrons. The van der Waals surface area contributed by atoms with E-state index in [0.29, 0.717) is 13.7 Å². The summed E-state index contributed by atoms with van der Waals surface area (Å²) >= 11 is 3.73. The number of amides is 1. The number of Topliss-reactive ketones (excluding diaryl/α,β-unsaturated/α-hetero) is 1. The van der Waals surface area contributed by atoms with E-state index < -0.39 is 48.3 Å². The topological polar surface area (TPSA) is 85.3 Å². The first-order valence-electron chi connectivity index (χ1n) is 9.27. The van der Waals surface area contributed by atoms with Crippen LogP contribution in [0, 0.1) is 5.82 Å². The molecular formula is C20H21BrF2N2O5S2. The van der Waals surface area contributed by atoms with Crippen LogP contribution in [0.25, 0.3) is 0 Å². The highest BCUT2D eigenvalue weighted by molar-refractivity contribution is 9.10. The van der Waals surface area contributed by atoms with E-state index in [0.717, 1.165) is 11.8 Å². The maximum atomic E-state index is 14.5. The van der Waals surface area contributed by atoms with Gasteiger partial charge in [0.2, 0.25) is 0 Å². The number of hydrogen-bond donors (Lipinski definition) is 0. The maximum Gasteiger partial charge on any atom is 0.428 e. The molecule has 1 unspecified atom stereocenters. The summed E-state index contributed by atoms with van der Waals surface area (Å²) in [5, 5.41) is -0.115. The van der Waals surface area contributed by atoms with Crippen LogP contribution in [-0.2, 0) is 19.1 Å². The number of carbonyl (C=O) groups is 3. The Morgan fingerprint density at radius 2 is 2.00 bits per heavy atom. The molecular weight excluding hydrogens is 530 g/mol. The second-order valence-electron chi connectivity index (χ2n) is 7.64. The molecule has 32 heavy (non-hydrogen) atoms. The smallest absolute Gasteiger partial charge is 0.428 e. The Kier molecular flexibility index (Phi) is 9.28. The molecule has 0 spiro atoms. The van der Waals surface area contributed by atoms with Crippen molar-refractivity contribution in [3.05, 3.63) is 45.0 Å². The highest BCUT2D eigenvalue weighted by Gasteiger charge is 2.32. The predicted molar refractivity (Wildman–Crippen MR) is 123 cm³/mol. The van der Waals surface area contributed by atoms with Gasteiger partial charge in [0.1, 0.15) is 36.3 Å². The zero-order valence-corrected chi connectivity index (χ0v) is 20.9. The minimum atomic E-state index is -1.00. The summed E-state index contributed by atoms with van der Waals surface area (Å²) in [6, 6.07) is 3.33. The van der Waals surface area contributed by atoms with Crippen LogP contribution in [0.4, 0.5) is 13.1 Å². The van der Waals surface area contributed by atoms with E-state index in [9.17, 15) is 22.7 Å². The van der Waals surface area contributed by atoms with Gasteiger partial charge in [-0.1, -0.05) is 27.7 Å². The Morgan fingerprint density at radius 1 is 1.31 bits per heavy atom. The monoisotopic (exact) mass is 550 g/mol. The normalized spacial score (nSPS) is 16.0. The molecule has 1 aliphatic heterocycles. The summed E-state index contributed by atoms with van der Waals surface area (Å²) in [6.45, 7) is 5.87. The molecule has 12 heteroatoms. The number of nitrogens with zero attached hydrogens (tertiary/aromatic N) is 2. The number of thioether (sulfide) groups is 1. The lowest BCUT2D eigenvalue weighted by atomic mass is 10.1. The van der Waals surface area contributed by atoms with Gasteiger partial charge in [-0.3, -0.25) is 9.59 Å². The number of aliphatic imine (C=N–C) groups is 1. The molecule has 0 bridgehead atoms. The van der Waals surface area contributed by atoms with Crippen molar-refractivity contribution < 1.29 is 32.1 Å². The molecule has 0 N–H and O–H groups in total. The van der Waals surface area contributed by atoms with Gasteiger partial charge in [0.05, 0.1) is 0 Å². The van der Waals surface area contributed by atoms with Crippen LogP contribution in [-0.4, -0.2) is 39.5 Å². The third-order valence-corrected chi connectivity index (χ3v) is 5.72. The third-order valence-electron chi connectivity index (χ3n) is 3.66. The van der Waals surface area contributed by atoms with E-state index in [1.165, 1.54) is 31.2 Å². The number of rotatable bonds is 6. The second kappa shape index (κ2) is 11.3. The molecule has 1 atom stereocenters. The average Bonchev–Trinajstić information content (AvgIpc) is 2.67. The predicted octanol–water partition coefficient (Wildman–Crippen LogP) is 5.91. The van der Waals surface area contributed by atoms with Crippen LogP contribution >= 0.6 is 40.0 Å². The fourth-order valence-electron chi connectivity index (χ4n) is 2.43. The number of ether oxygens (including phenoxy) is 2. The van der Waals surface area contributed by atoms with Crippen molar-refractivity contribution in [1.82, 2.24) is 4.31 Å². The van der Waals surface area contributed by atoms with Crippen molar-refractivity contribution in [2.45, 2.75) is 45.8 Å². The van der Waals surface area contributed by atoms with Gasteiger partial charge < -0.3 is 9.47 Å². The van der Waals surface area contributed by atoms with E-state index in [1.54, 1.807) is 20.8 Å². The minimum absolute atomic E-state index is 0.115. The molecule has 1 aromatic rings. The van der Waals surface area contributed by atoms with Gasteiger partial charge in [-0.25, -0.2) is 14.2 Å². The molecule has 7 nitrogen and oxygen atoms in total. The van der Waals surface area contributed by atoms with Gasteiger partial charge >= 0.3 is 12.1 Å². The lowest BCUT2D eigenvalue weighted by Crippen LogP contribution is -2.35.